The second kappa shape index (κ2) is 5.85. The van der Waals surface area contributed by atoms with E-state index in [9.17, 15) is 9.59 Å². The molecule has 5 nitrogen and oxygen atoms in total. The molecule has 1 saturated heterocycles. The standard InChI is InChI=1S/C16H20N2O3/c19-10-11-3-7-13(8-4-11)17-15(20)14-2-1-9-18(14)16(21)12-5-6-12/h3-4,7-8,12,14,19H,1-2,5-6,9-10H2,(H,17,20). The van der Waals surface area contributed by atoms with Crippen molar-refractivity contribution in [2.75, 3.05) is 11.9 Å². The number of benzene rings is 1. The summed E-state index contributed by atoms with van der Waals surface area (Å²) in [5.41, 5.74) is 1.50. The summed E-state index contributed by atoms with van der Waals surface area (Å²) in [5, 5.41) is 11.9. The molecule has 1 aliphatic carbocycles. The molecule has 2 amide bonds. The fourth-order valence-electron chi connectivity index (χ4n) is 2.79. The Bertz CT molecular complexity index is 537. The summed E-state index contributed by atoms with van der Waals surface area (Å²) in [4.78, 5) is 26.3. The number of carbonyl (C=O) groups is 2. The van der Waals surface area contributed by atoms with Gasteiger partial charge in [0.2, 0.25) is 11.8 Å². The molecular formula is C16H20N2O3. The van der Waals surface area contributed by atoms with Crippen molar-refractivity contribution in [1.82, 2.24) is 4.90 Å². The summed E-state index contributed by atoms with van der Waals surface area (Å²) in [5.74, 6) is 0.184. The molecule has 3 rings (SSSR count). The van der Waals surface area contributed by atoms with E-state index in [0.717, 1.165) is 31.2 Å². The van der Waals surface area contributed by atoms with Crippen molar-refractivity contribution in [2.24, 2.45) is 5.92 Å². The van der Waals surface area contributed by atoms with E-state index in [1.807, 2.05) is 0 Å². The predicted octanol–water partition coefficient (Wildman–Crippen LogP) is 1.52. The number of anilines is 1. The Morgan fingerprint density at radius 2 is 1.90 bits per heavy atom. The van der Waals surface area contributed by atoms with Crippen LogP contribution in [0, 0.1) is 5.92 Å². The summed E-state index contributed by atoms with van der Waals surface area (Å²) < 4.78 is 0. The summed E-state index contributed by atoms with van der Waals surface area (Å²) in [6.45, 7) is 0.678. The van der Waals surface area contributed by atoms with E-state index in [0.29, 0.717) is 12.2 Å². The van der Waals surface area contributed by atoms with Crippen molar-refractivity contribution < 1.29 is 14.7 Å². The number of aliphatic hydroxyl groups is 1. The first-order valence-electron chi connectivity index (χ1n) is 7.50. The van der Waals surface area contributed by atoms with E-state index in [4.69, 9.17) is 5.11 Å². The van der Waals surface area contributed by atoms with Gasteiger partial charge in [-0.05, 0) is 43.4 Å². The molecule has 1 aromatic carbocycles. The van der Waals surface area contributed by atoms with Crippen LogP contribution in [0.1, 0.15) is 31.2 Å². The van der Waals surface area contributed by atoms with Crippen LogP contribution in [-0.2, 0) is 16.2 Å². The Hall–Kier alpha value is -1.88. The van der Waals surface area contributed by atoms with E-state index in [2.05, 4.69) is 5.32 Å². The van der Waals surface area contributed by atoms with Crippen molar-refractivity contribution in [3.8, 4) is 0 Å². The van der Waals surface area contributed by atoms with Gasteiger partial charge in [0.15, 0.2) is 0 Å². The van der Waals surface area contributed by atoms with Crippen LogP contribution in [0.2, 0.25) is 0 Å². The van der Waals surface area contributed by atoms with Crippen LogP contribution < -0.4 is 5.32 Å². The van der Waals surface area contributed by atoms with Gasteiger partial charge >= 0.3 is 0 Å². The number of hydrogen-bond donors (Lipinski definition) is 2. The van der Waals surface area contributed by atoms with E-state index in [1.165, 1.54) is 0 Å². The van der Waals surface area contributed by atoms with E-state index in [1.54, 1.807) is 29.2 Å². The number of carbonyl (C=O) groups excluding carboxylic acids is 2. The van der Waals surface area contributed by atoms with Crippen molar-refractivity contribution >= 4 is 17.5 Å². The van der Waals surface area contributed by atoms with Gasteiger partial charge in [-0.25, -0.2) is 0 Å². The topological polar surface area (TPSA) is 69.6 Å². The Kier molecular flexibility index (Phi) is 3.92. The lowest BCUT2D eigenvalue weighted by Crippen LogP contribution is -2.43. The molecule has 1 saturated carbocycles. The maximum atomic E-state index is 12.4. The molecule has 1 unspecified atom stereocenters. The van der Waals surface area contributed by atoms with Crippen LogP contribution in [0.4, 0.5) is 5.69 Å². The van der Waals surface area contributed by atoms with Crippen LogP contribution in [0.25, 0.3) is 0 Å². The van der Waals surface area contributed by atoms with Gasteiger partial charge in [-0.1, -0.05) is 12.1 Å². The van der Waals surface area contributed by atoms with Crippen LogP contribution >= 0.6 is 0 Å². The van der Waals surface area contributed by atoms with Gasteiger partial charge in [-0.3, -0.25) is 9.59 Å². The second-order valence-corrected chi connectivity index (χ2v) is 5.81. The smallest absolute Gasteiger partial charge is 0.247 e. The summed E-state index contributed by atoms with van der Waals surface area (Å²) in [6.07, 6.45) is 3.55. The molecule has 112 valence electrons. The molecule has 2 N–H and O–H groups in total. The molecule has 2 fully saturated rings. The SMILES string of the molecule is O=C(Nc1ccc(CO)cc1)C1CCCN1C(=O)C1CC1. The average molecular weight is 288 g/mol. The number of aliphatic hydroxyl groups excluding tert-OH is 1. The lowest BCUT2D eigenvalue weighted by Gasteiger charge is -2.24. The minimum atomic E-state index is -0.337. The minimum absolute atomic E-state index is 0.0134. The zero-order valence-corrected chi connectivity index (χ0v) is 11.9. The van der Waals surface area contributed by atoms with Crippen LogP contribution in [0.5, 0.6) is 0 Å². The summed E-state index contributed by atoms with van der Waals surface area (Å²) >= 11 is 0. The van der Waals surface area contributed by atoms with Gasteiger partial charge in [0.1, 0.15) is 6.04 Å². The fourth-order valence-corrected chi connectivity index (χ4v) is 2.79. The Labute approximate surface area is 123 Å². The Morgan fingerprint density at radius 3 is 2.52 bits per heavy atom. The van der Waals surface area contributed by atoms with E-state index >= 15 is 0 Å². The van der Waals surface area contributed by atoms with Crippen LogP contribution in [0.3, 0.4) is 0 Å². The normalized spacial score (nSPS) is 21.4. The molecule has 1 aromatic rings. The maximum Gasteiger partial charge on any atom is 0.247 e. The lowest BCUT2D eigenvalue weighted by molar-refractivity contribution is -0.137. The van der Waals surface area contributed by atoms with Crippen LogP contribution in [0.15, 0.2) is 24.3 Å². The first-order chi connectivity index (χ1) is 10.2. The predicted molar refractivity (Wildman–Crippen MR) is 78.5 cm³/mol. The fraction of sp³-hybridized carbons (Fsp3) is 0.500. The van der Waals surface area contributed by atoms with E-state index in [-0.39, 0.29) is 30.4 Å². The van der Waals surface area contributed by atoms with Gasteiger partial charge in [0, 0.05) is 18.2 Å². The highest BCUT2D eigenvalue weighted by Crippen LogP contribution is 2.33. The van der Waals surface area contributed by atoms with Gasteiger partial charge in [0.25, 0.3) is 0 Å². The van der Waals surface area contributed by atoms with Gasteiger partial charge in [0.05, 0.1) is 6.61 Å². The molecule has 0 bridgehead atoms. The monoisotopic (exact) mass is 288 g/mol. The zero-order valence-electron chi connectivity index (χ0n) is 11.9. The largest absolute Gasteiger partial charge is 0.392 e. The number of amides is 2. The Morgan fingerprint density at radius 1 is 1.19 bits per heavy atom. The molecule has 0 radical (unpaired) electrons. The lowest BCUT2D eigenvalue weighted by atomic mass is 10.1. The minimum Gasteiger partial charge on any atom is -0.392 e. The molecule has 5 heteroatoms. The zero-order chi connectivity index (χ0) is 14.8. The number of nitrogens with zero attached hydrogens (tertiary/aromatic N) is 1. The third-order valence-corrected chi connectivity index (χ3v) is 4.17. The summed E-state index contributed by atoms with van der Waals surface area (Å²) in [7, 11) is 0. The molecule has 0 aromatic heterocycles. The molecule has 21 heavy (non-hydrogen) atoms. The van der Waals surface area contributed by atoms with Gasteiger partial charge in [-0.2, -0.15) is 0 Å². The highest BCUT2D eigenvalue weighted by Gasteiger charge is 2.40. The Balaban J connectivity index is 1.64. The highest BCUT2D eigenvalue weighted by atomic mass is 16.3. The van der Waals surface area contributed by atoms with E-state index < -0.39 is 0 Å². The van der Waals surface area contributed by atoms with Gasteiger partial charge in [-0.15, -0.1) is 0 Å². The molecule has 0 spiro atoms. The molecule has 1 aliphatic heterocycles. The van der Waals surface area contributed by atoms with Crippen molar-refractivity contribution in [2.45, 2.75) is 38.3 Å². The summed E-state index contributed by atoms with van der Waals surface area (Å²) in [6, 6.07) is 6.75. The van der Waals surface area contributed by atoms with Crippen molar-refractivity contribution in [3.05, 3.63) is 29.8 Å². The van der Waals surface area contributed by atoms with Crippen molar-refractivity contribution in [1.29, 1.82) is 0 Å². The molecule has 1 heterocycles. The molecular weight excluding hydrogens is 268 g/mol. The number of rotatable bonds is 4. The maximum absolute atomic E-state index is 12.4. The number of hydrogen-bond acceptors (Lipinski definition) is 3. The molecule has 1 atom stereocenters. The average Bonchev–Trinajstić information content (AvgIpc) is 3.23. The third kappa shape index (κ3) is 3.08. The number of nitrogens with one attached hydrogen (secondary N) is 1. The first kappa shape index (κ1) is 14.1. The van der Waals surface area contributed by atoms with Gasteiger partial charge < -0.3 is 15.3 Å². The molecule has 2 aliphatic rings. The first-order valence-corrected chi connectivity index (χ1v) is 7.50. The second-order valence-electron chi connectivity index (χ2n) is 5.81. The van der Waals surface area contributed by atoms with Crippen LogP contribution in [-0.4, -0.2) is 34.4 Å². The third-order valence-electron chi connectivity index (χ3n) is 4.17. The quantitative estimate of drug-likeness (QED) is 0.882. The highest BCUT2D eigenvalue weighted by molar-refractivity contribution is 5.98. The number of likely N-dealkylation sites (tertiary alicyclic amines) is 1. The van der Waals surface area contributed by atoms with Crippen molar-refractivity contribution in [3.63, 3.8) is 0 Å².